The van der Waals surface area contributed by atoms with E-state index in [0.717, 1.165) is 51.4 Å². The molecule has 0 bridgehead atoms. The molecule has 1 aliphatic heterocycles. The number of nitriles is 1. The van der Waals surface area contributed by atoms with E-state index in [4.69, 9.17) is 10.00 Å². The van der Waals surface area contributed by atoms with Crippen molar-refractivity contribution < 1.29 is 4.74 Å². The number of hydrogen-bond acceptors (Lipinski definition) is 4. The van der Waals surface area contributed by atoms with Crippen molar-refractivity contribution in [3.05, 3.63) is 0 Å². The third-order valence-electron chi connectivity index (χ3n) is 3.43. The Morgan fingerprint density at radius 3 is 2.62 bits per heavy atom. The Bertz CT molecular complexity index is 234. The van der Waals surface area contributed by atoms with Gasteiger partial charge in [0, 0.05) is 32.7 Å². The maximum absolute atomic E-state index is 8.63. The van der Waals surface area contributed by atoms with E-state index in [1.807, 2.05) is 0 Å². The maximum Gasteiger partial charge on any atom is 0.0635 e. The van der Waals surface area contributed by atoms with Gasteiger partial charge in [0.1, 0.15) is 0 Å². The van der Waals surface area contributed by atoms with Gasteiger partial charge in [-0.2, -0.15) is 17.9 Å². The van der Waals surface area contributed by atoms with Gasteiger partial charge in [0.05, 0.1) is 6.07 Å². The Labute approximate surface area is 104 Å². The Morgan fingerprint density at radius 1 is 1.44 bits per heavy atom. The van der Waals surface area contributed by atoms with Gasteiger partial charge in [-0.05, 0) is 30.6 Å². The highest BCUT2D eigenvalue weighted by Crippen LogP contribution is 2.32. The molecule has 0 spiro atoms. The van der Waals surface area contributed by atoms with Crippen molar-refractivity contribution in [1.82, 2.24) is 4.90 Å². The molecule has 3 nitrogen and oxygen atoms in total. The van der Waals surface area contributed by atoms with Gasteiger partial charge in [0.2, 0.25) is 0 Å². The molecular formula is C12H22N2OS. The van der Waals surface area contributed by atoms with Gasteiger partial charge in [-0.25, -0.2) is 0 Å². The van der Waals surface area contributed by atoms with E-state index in [-0.39, 0.29) is 0 Å². The van der Waals surface area contributed by atoms with E-state index in [1.54, 1.807) is 0 Å². The van der Waals surface area contributed by atoms with Gasteiger partial charge in [0.15, 0.2) is 0 Å². The van der Waals surface area contributed by atoms with Crippen LogP contribution in [-0.2, 0) is 4.74 Å². The van der Waals surface area contributed by atoms with Crippen molar-refractivity contribution in [3.63, 3.8) is 0 Å². The van der Waals surface area contributed by atoms with Gasteiger partial charge in [-0.1, -0.05) is 6.92 Å². The molecule has 0 saturated carbocycles. The van der Waals surface area contributed by atoms with Crippen molar-refractivity contribution in [2.75, 3.05) is 38.6 Å². The second kappa shape index (κ2) is 7.16. The van der Waals surface area contributed by atoms with Crippen LogP contribution in [0, 0.1) is 16.7 Å². The Morgan fingerprint density at radius 2 is 2.12 bits per heavy atom. The van der Waals surface area contributed by atoms with E-state index in [1.165, 1.54) is 0 Å². The number of ether oxygens (including phenoxy) is 1. The maximum atomic E-state index is 8.63. The first-order chi connectivity index (χ1) is 7.76. The molecular weight excluding hydrogens is 220 g/mol. The molecule has 0 aromatic rings. The highest BCUT2D eigenvalue weighted by Gasteiger charge is 2.32. The molecule has 0 amide bonds. The van der Waals surface area contributed by atoms with E-state index in [2.05, 4.69) is 30.5 Å². The first-order valence-electron chi connectivity index (χ1n) is 6.04. The average molecular weight is 242 g/mol. The second-order valence-electron chi connectivity index (χ2n) is 4.55. The molecule has 1 saturated heterocycles. The lowest BCUT2D eigenvalue weighted by atomic mass is 9.81. The summed E-state index contributed by atoms with van der Waals surface area (Å²) in [4.78, 5) is 2.37. The summed E-state index contributed by atoms with van der Waals surface area (Å²) in [7, 11) is 0. The fourth-order valence-electron chi connectivity index (χ4n) is 2.20. The van der Waals surface area contributed by atoms with Gasteiger partial charge >= 0.3 is 0 Å². The Balaban J connectivity index is 2.49. The monoisotopic (exact) mass is 242 g/mol. The van der Waals surface area contributed by atoms with Crippen molar-refractivity contribution in [2.45, 2.75) is 26.2 Å². The van der Waals surface area contributed by atoms with Crippen LogP contribution in [0.5, 0.6) is 0 Å². The molecule has 0 unspecified atom stereocenters. The summed E-state index contributed by atoms with van der Waals surface area (Å²) in [5, 5.41) is 8.63. The number of hydrogen-bond donors (Lipinski definition) is 1. The van der Waals surface area contributed by atoms with Crippen LogP contribution in [0.1, 0.15) is 26.2 Å². The molecule has 0 atom stereocenters. The molecule has 0 radical (unpaired) electrons. The molecule has 1 aliphatic rings. The van der Waals surface area contributed by atoms with Crippen LogP contribution in [0.25, 0.3) is 0 Å². The predicted molar refractivity (Wildman–Crippen MR) is 68.7 cm³/mol. The van der Waals surface area contributed by atoms with Gasteiger partial charge < -0.3 is 9.64 Å². The molecule has 0 N–H and O–H groups in total. The minimum absolute atomic E-state index is 0.298. The van der Waals surface area contributed by atoms with Crippen molar-refractivity contribution in [3.8, 4) is 6.07 Å². The van der Waals surface area contributed by atoms with Crippen molar-refractivity contribution in [1.29, 1.82) is 5.26 Å². The standard InChI is InChI=1S/C12H22N2OS/c1-2-14(7-3-6-13)10-12(11-16)4-8-15-9-5-12/h16H,2-5,7-11H2,1H3. The van der Waals surface area contributed by atoms with Crippen molar-refractivity contribution >= 4 is 12.6 Å². The normalized spacial score (nSPS) is 19.6. The van der Waals surface area contributed by atoms with Gasteiger partial charge in [-0.3, -0.25) is 0 Å². The molecule has 0 aliphatic carbocycles. The smallest absolute Gasteiger partial charge is 0.0635 e. The SMILES string of the molecule is CCN(CCC#N)CC1(CS)CCOCC1. The number of nitrogens with zero attached hydrogens (tertiary/aromatic N) is 2. The van der Waals surface area contributed by atoms with E-state index in [0.29, 0.717) is 11.8 Å². The largest absolute Gasteiger partial charge is 0.381 e. The molecule has 0 aromatic heterocycles. The minimum atomic E-state index is 0.298. The topological polar surface area (TPSA) is 36.3 Å². The molecule has 1 rings (SSSR count). The first-order valence-corrected chi connectivity index (χ1v) is 6.67. The molecule has 4 heteroatoms. The highest BCUT2D eigenvalue weighted by atomic mass is 32.1. The average Bonchev–Trinajstić information content (AvgIpc) is 2.35. The van der Waals surface area contributed by atoms with E-state index in [9.17, 15) is 0 Å². The van der Waals surface area contributed by atoms with Crippen LogP contribution < -0.4 is 0 Å². The van der Waals surface area contributed by atoms with Crippen LogP contribution >= 0.6 is 12.6 Å². The van der Waals surface area contributed by atoms with Crippen LogP contribution in [-0.4, -0.2) is 43.5 Å². The van der Waals surface area contributed by atoms with Crippen LogP contribution in [0.4, 0.5) is 0 Å². The fourth-order valence-corrected chi connectivity index (χ4v) is 2.62. The lowest BCUT2D eigenvalue weighted by Crippen LogP contribution is -2.43. The lowest BCUT2D eigenvalue weighted by Gasteiger charge is -2.39. The van der Waals surface area contributed by atoms with Gasteiger partial charge in [0.25, 0.3) is 0 Å². The number of thiol groups is 1. The van der Waals surface area contributed by atoms with Gasteiger partial charge in [-0.15, -0.1) is 0 Å². The van der Waals surface area contributed by atoms with E-state index < -0.39 is 0 Å². The zero-order valence-electron chi connectivity index (χ0n) is 10.1. The second-order valence-corrected chi connectivity index (χ2v) is 4.86. The zero-order valence-corrected chi connectivity index (χ0v) is 11.0. The van der Waals surface area contributed by atoms with Crippen LogP contribution in [0.2, 0.25) is 0 Å². The zero-order chi connectivity index (χ0) is 11.9. The molecule has 1 fully saturated rings. The predicted octanol–water partition coefficient (Wildman–Crippen LogP) is 1.95. The molecule has 1 heterocycles. The summed E-state index contributed by atoms with van der Waals surface area (Å²) in [5.74, 6) is 0.916. The summed E-state index contributed by atoms with van der Waals surface area (Å²) in [5.41, 5.74) is 0.298. The highest BCUT2D eigenvalue weighted by molar-refractivity contribution is 7.80. The lowest BCUT2D eigenvalue weighted by molar-refractivity contribution is 0.00879. The Hall–Kier alpha value is -0.240. The summed E-state index contributed by atoms with van der Waals surface area (Å²) < 4.78 is 5.42. The molecule has 0 aromatic carbocycles. The van der Waals surface area contributed by atoms with Crippen LogP contribution in [0.15, 0.2) is 0 Å². The molecule has 16 heavy (non-hydrogen) atoms. The third-order valence-corrected chi connectivity index (χ3v) is 4.11. The fraction of sp³-hybridized carbons (Fsp3) is 0.917. The summed E-state index contributed by atoms with van der Waals surface area (Å²) in [6.45, 7) is 6.81. The first kappa shape index (κ1) is 13.8. The Kier molecular flexibility index (Phi) is 6.18. The quantitative estimate of drug-likeness (QED) is 0.723. The summed E-state index contributed by atoms with van der Waals surface area (Å²) in [6, 6.07) is 2.21. The van der Waals surface area contributed by atoms with Crippen molar-refractivity contribution in [2.24, 2.45) is 5.41 Å². The van der Waals surface area contributed by atoms with Crippen LogP contribution in [0.3, 0.4) is 0 Å². The van der Waals surface area contributed by atoms with E-state index >= 15 is 0 Å². The summed E-state index contributed by atoms with van der Waals surface area (Å²) in [6.07, 6.45) is 2.81. The summed E-state index contributed by atoms with van der Waals surface area (Å²) >= 11 is 4.51. The number of rotatable bonds is 6. The minimum Gasteiger partial charge on any atom is -0.381 e. The molecule has 92 valence electrons. The third kappa shape index (κ3) is 3.97.